The van der Waals surface area contributed by atoms with E-state index in [0.717, 1.165) is 10.5 Å². The first kappa shape index (κ1) is 14.5. The lowest BCUT2D eigenvalue weighted by Gasteiger charge is -2.09. The molecule has 19 heavy (non-hydrogen) atoms. The SMILES string of the molecule is O=S(=O)(Nc1cccc(Br)c1)c1ccc(Br)cc1F. The van der Waals surface area contributed by atoms with E-state index in [1.807, 2.05) is 0 Å². The Morgan fingerprint density at radius 3 is 2.32 bits per heavy atom. The minimum Gasteiger partial charge on any atom is -0.280 e. The molecule has 0 fully saturated rings. The fraction of sp³-hybridized carbons (Fsp3) is 0. The summed E-state index contributed by atoms with van der Waals surface area (Å²) in [6.07, 6.45) is 0. The maximum absolute atomic E-state index is 13.7. The zero-order valence-electron chi connectivity index (χ0n) is 9.40. The standard InChI is InChI=1S/C12H8Br2FNO2S/c13-8-2-1-3-10(6-8)16-19(17,18)12-5-4-9(14)7-11(12)15/h1-7,16H. The van der Waals surface area contributed by atoms with Crippen molar-refractivity contribution in [2.45, 2.75) is 4.90 Å². The van der Waals surface area contributed by atoms with Crippen LogP contribution in [0.5, 0.6) is 0 Å². The number of anilines is 1. The molecule has 7 heteroatoms. The summed E-state index contributed by atoms with van der Waals surface area (Å²) >= 11 is 6.31. The number of benzene rings is 2. The molecule has 0 aliphatic carbocycles. The molecule has 0 bridgehead atoms. The number of rotatable bonds is 3. The van der Waals surface area contributed by atoms with Crippen LogP contribution in [0.1, 0.15) is 0 Å². The van der Waals surface area contributed by atoms with Crippen LogP contribution in [-0.4, -0.2) is 8.42 Å². The summed E-state index contributed by atoms with van der Waals surface area (Å²) < 4.78 is 41.3. The first-order valence-corrected chi connectivity index (χ1v) is 8.19. The molecule has 100 valence electrons. The Morgan fingerprint density at radius 1 is 1.00 bits per heavy atom. The van der Waals surface area contributed by atoms with Gasteiger partial charge in [-0.1, -0.05) is 37.9 Å². The Balaban J connectivity index is 2.38. The predicted molar refractivity (Wildman–Crippen MR) is 79.1 cm³/mol. The van der Waals surface area contributed by atoms with Crippen molar-refractivity contribution in [3.63, 3.8) is 0 Å². The maximum atomic E-state index is 13.7. The summed E-state index contributed by atoms with van der Waals surface area (Å²) in [6, 6.07) is 10.4. The second-order valence-electron chi connectivity index (χ2n) is 3.69. The van der Waals surface area contributed by atoms with Crippen LogP contribution in [0.3, 0.4) is 0 Å². The average Bonchev–Trinajstić information content (AvgIpc) is 2.27. The predicted octanol–water partition coefficient (Wildman–Crippen LogP) is 4.15. The molecule has 3 nitrogen and oxygen atoms in total. The summed E-state index contributed by atoms with van der Waals surface area (Å²) in [6.45, 7) is 0. The monoisotopic (exact) mass is 407 g/mol. The molecule has 0 atom stereocenters. The van der Waals surface area contributed by atoms with Crippen molar-refractivity contribution in [2.24, 2.45) is 0 Å². The Hall–Kier alpha value is -0.920. The molecule has 0 aliphatic heterocycles. The highest BCUT2D eigenvalue weighted by molar-refractivity contribution is 9.10. The topological polar surface area (TPSA) is 46.2 Å². The molecule has 0 aromatic heterocycles. The van der Waals surface area contributed by atoms with Crippen LogP contribution in [-0.2, 0) is 10.0 Å². The first-order chi connectivity index (χ1) is 8.88. The van der Waals surface area contributed by atoms with Gasteiger partial charge in [-0.25, -0.2) is 12.8 Å². The van der Waals surface area contributed by atoms with E-state index in [1.54, 1.807) is 24.3 Å². The van der Waals surface area contributed by atoms with E-state index < -0.39 is 20.7 Å². The zero-order chi connectivity index (χ0) is 14.0. The van der Waals surface area contributed by atoms with E-state index in [2.05, 4.69) is 36.6 Å². The number of nitrogens with one attached hydrogen (secondary N) is 1. The van der Waals surface area contributed by atoms with Gasteiger partial charge in [0.1, 0.15) is 10.7 Å². The second kappa shape index (κ2) is 5.60. The lowest BCUT2D eigenvalue weighted by molar-refractivity contribution is 0.570. The molecule has 0 aliphatic rings. The minimum atomic E-state index is -3.94. The molecule has 1 N–H and O–H groups in total. The summed E-state index contributed by atoms with van der Waals surface area (Å²) in [5.74, 6) is -0.808. The number of hydrogen-bond donors (Lipinski definition) is 1. The third-order valence-electron chi connectivity index (χ3n) is 2.26. The Morgan fingerprint density at radius 2 is 1.68 bits per heavy atom. The van der Waals surface area contributed by atoms with Crippen LogP contribution in [0.25, 0.3) is 0 Å². The first-order valence-electron chi connectivity index (χ1n) is 5.12. The van der Waals surface area contributed by atoms with Crippen molar-refractivity contribution in [2.75, 3.05) is 4.72 Å². The van der Waals surface area contributed by atoms with Crippen molar-refractivity contribution in [1.82, 2.24) is 0 Å². The molecule has 0 heterocycles. The third kappa shape index (κ3) is 3.55. The molecule has 2 aromatic carbocycles. The number of halogens is 3. The Kier molecular flexibility index (Phi) is 4.27. The largest absolute Gasteiger partial charge is 0.280 e. The van der Waals surface area contributed by atoms with Gasteiger partial charge in [0.15, 0.2) is 0 Å². The van der Waals surface area contributed by atoms with Crippen LogP contribution in [0.4, 0.5) is 10.1 Å². The molecule has 0 radical (unpaired) electrons. The molecular formula is C12H8Br2FNO2S. The van der Waals surface area contributed by atoms with Gasteiger partial charge in [-0.2, -0.15) is 0 Å². The summed E-state index contributed by atoms with van der Waals surface area (Å²) in [7, 11) is -3.94. The molecule has 0 saturated carbocycles. The van der Waals surface area contributed by atoms with E-state index in [-0.39, 0.29) is 0 Å². The highest BCUT2D eigenvalue weighted by atomic mass is 79.9. The van der Waals surface area contributed by atoms with Crippen molar-refractivity contribution >= 4 is 47.6 Å². The van der Waals surface area contributed by atoms with Crippen molar-refractivity contribution < 1.29 is 12.8 Å². The highest BCUT2D eigenvalue weighted by Gasteiger charge is 2.19. The Labute approximate surface area is 127 Å². The molecular weight excluding hydrogens is 401 g/mol. The van der Waals surface area contributed by atoms with E-state index in [9.17, 15) is 12.8 Å². The van der Waals surface area contributed by atoms with E-state index in [1.165, 1.54) is 12.1 Å². The lowest BCUT2D eigenvalue weighted by Crippen LogP contribution is -2.14. The van der Waals surface area contributed by atoms with Crippen LogP contribution in [0.2, 0.25) is 0 Å². The fourth-order valence-electron chi connectivity index (χ4n) is 1.46. The molecule has 0 amide bonds. The average molecular weight is 409 g/mol. The smallest absolute Gasteiger partial charge is 0.264 e. The zero-order valence-corrected chi connectivity index (χ0v) is 13.4. The lowest BCUT2D eigenvalue weighted by atomic mass is 10.3. The molecule has 2 aromatic rings. The quantitative estimate of drug-likeness (QED) is 0.828. The van der Waals surface area contributed by atoms with Gasteiger partial charge < -0.3 is 0 Å². The normalized spacial score (nSPS) is 11.3. The van der Waals surface area contributed by atoms with E-state index >= 15 is 0 Å². The number of hydrogen-bond acceptors (Lipinski definition) is 2. The molecule has 0 saturated heterocycles. The second-order valence-corrected chi connectivity index (χ2v) is 7.17. The van der Waals surface area contributed by atoms with Gasteiger partial charge in [0.2, 0.25) is 0 Å². The number of sulfonamides is 1. The summed E-state index contributed by atoms with van der Waals surface area (Å²) in [5.41, 5.74) is 0.358. The van der Waals surface area contributed by atoms with E-state index in [0.29, 0.717) is 10.2 Å². The van der Waals surface area contributed by atoms with Gasteiger partial charge in [-0.3, -0.25) is 4.72 Å². The maximum Gasteiger partial charge on any atom is 0.264 e. The van der Waals surface area contributed by atoms with Crippen molar-refractivity contribution in [1.29, 1.82) is 0 Å². The fourth-order valence-corrected chi connectivity index (χ4v) is 3.30. The minimum absolute atomic E-state index is 0.358. The van der Waals surface area contributed by atoms with E-state index in [4.69, 9.17) is 0 Å². The molecule has 0 unspecified atom stereocenters. The molecule has 2 rings (SSSR count). The van der Waals surface area contributed by atoms with Crippen molar-refractivity contribution in [3.8, 4) is 0 Å². The van der Waals surface area contributed by atoms with Gasteiger partial charge in [-0.15, -0.1) is 0 Å². The summed E-state index contributed by atoms with van der Waals surface area (Å²) in [4.78, 5) is -0.393. The van der Waals surface area contributed by atoms with Gasteiger partial charge in [-0.05, 0) is 36.4 Å². The van der Waals surface area contributed by atoms with Crippen molar-refractivity contribution in [3.05, 3.63) is 57.2 Å². The van der Waals surface area contributed by atoms with Crippen LogP contribution in [0.15, 0.2) is 56.3 Å². The summed E-state index contributed by atoms with van der Waals surface area (Å²) in [5, 5.41) is 0. The van der Waals surface area contributed by atoms with Crippen LogP contribution in [0, 0.1) is 5.82 Å². The van der Waals surface area contributed by atoms with Crippen LogP contribution >= 0.6 is 31.9 Å². The van der Waals surface area contributed by atoms with Gasteiger partial charge >= 0.3 is 0 Å². The van der Waals surface area contributed by atoms with Crippen LogP contribution < -0.4 is 4.72 Å². The molecule has 0 spiro atoms. The highest BCUT2D eigenvalue weighted by Crippen LogP contribution is 2.23. The van der Waals surface area contributed by atoms with Gasteiger partial charge in [0.05, 0.1) is 0 Å². The van der Waals surface area contributed by atoms with Gasteiger partial charge in [0.25, 0.3) is 10.0 Å². The Bertz CT molecular complexity index is 719. The van der Waals surface area contributed by atoms with Gasteiger partial charge in [0, 0.05) is 14.6 Å². The third-order valence-corrected chi connectivity index (χ3v) is 4.66.